The average Bonchev–Trinajstić information content (AvgIpc) is 2.81. The van der Waals surface area contributed by atoms with Crippen LogP contribution in [0.4, 0.5) is 0 Å². The molecule has 0 radical (unpaired) electrons. The molecule has 2 rings (SSSR count). The van der Waals surface area contributed by atoms with Crippen molar-refractivity contribution < 1.29 is 9.90 Å². The van der Waals surface area contributed by atoms with Crippen molar-refractivity contribution >= 4 is 17.3 Å². The lowest BCUT2D eigenvalue weighted by atomic mass is 9.92. The standard InChI is InChI=1S/C12H18N2O2S/c15-12(16)2-1-10-3-5-14(6-4-10)8-11-7-13-9-17-11/h7,9-10H,1-6,8H2,(H,15,16). The summed E-state index contributed by atoms with van der Waals surface area (Å²) in [7, 11) is 0. The van der Waals surface area contributed by atoms with E-state index < -0.39 is 5.97 Å². The minimum absolute atomic E-state index is 0.319. The summed E-state index contributed by atoms with van der Waals surface area (Å²) in [6.45, 7) is 3.17. The van der Waals surface area contributed by atoms with Crippen LogP contribution in [0.25, 0.3) is 0 Å². The third-order valence-corrected chi connectivity index (χ3v) is 4.10. The molecule has 0 amide bonds. The van der Waals surface area contributed by atoms with E-state index in [2.05, 4.69) is 9.88 Å². The zero-order valence-electron chi connectivity index (χ0n) is 9.84. The Balaban J connectivity index is 1.69. The van der Waals surface area contributed by atoms with Gasteiger partial charge in [-0.1, -0.05) is 0 Å². The third-order valence-electron chi connectivity index (χ3n) is 3.34. The molecule has 0 saturated carbocycles. The lowest BCUT2D eigenvalue weighted by Gasteiger charge is -2.31. The van der Waals surface area contributed by atoms with Crippen LogP contribution in [-0.4, -0.2) is 34.0 Å². The smallest absolute Gasteiger partial charge is 0.303 e. The topological polar surface area (TPSA) is 53.4 Å². The van der Waals surface area contributed by atoms with Crippen LogP contribution >= 0.6 is 11.3 Å². The van der Waals surface area contributed by atoms with Crippen LogP contribution in [-0.2, 0) is 11.3 Å². The number of aliphatic carboxylic acids is 1. The van der Waals surface area contributed by atoms with E-state index in [-0.39, 0.29) is 0 Å². The SMILES string of the molecule is O=C(O)CCC1CCN(Cc2cncs2)CC1. The number of likely N-dealkylation sites (tertiary alicyclic amines) is 1. The van der Waals surface area contributed by atoms with Crippen LogP contribution in [0.5, 0.6) is 0 Å². The van der Waals surface area contributed by atoms with Crippen molar-refractivity contribution in [1.82, 2.24) is 9.88 Å². The quantitative estimate of drug-likeness (QED) is 0.875. The van der Waals surface area contributed by atoms with E-state index in [0.29, 0.717) is 12.3 Å². The Hall–Kier alpha value is -0.940. The molecule has 1 N–H and O–H groups in total. The molecule has 1 aliphatic heterocycles. The summed E-state index contributed by atoms with van der Waals surface area (Å²) in [6.07, 6.45) is 5.35. The first kappa shape index (κ1) is 12.5. The summed E-state index contributed by atoms with van der Waals surface area (Å²) in [5.41, 5.74) is 1.87. The fourth-order valence-electron chi connectivity index (χ4n) is 2.30. The summed E-state index contributed by atoms with van der Waals surface area (Å²) < 4.78 is 0. The lowest BCUT2D eigenvalue weighted by molar-refractivity contribution is -0.137. The first-order chi connectivity index (χ1) is 8.24. The molecule has 0 spiro atoms. The van der Waals surface area contributed by atoms with Crippen LogP contribution in [0, 0.1) is 5.92 Å². The number of hydrogen-bond donors (Lipinski definition) is 1. The summed E-state index contributed by atoms with van der Waals surface area (Å²) in [5, 5.41) is 8.65. The van der Waals surface area contributed by atoms with Crippen molar-refractivity contribution in [3.05, 3.63) is 16.6 Å². The van der Waals surface area contributed by atoms with E-state index in [9.17, 15) is 4.79 Å². The molecule has 2 heterocycles. The molecule has 0 aromatic carbocycles. The molecule has 0 bridgehead atoms. The first-order valence-corrected chi connectivity index (χ1v) is 6.93. The number of carbonyl (C=O) groups is 1. The van der Waals surface area contributed by atoms with Gasteiger partial charge in [-0.25, -0.2) is 0 Å². The van der Waals surface area contributed by atoms with E-state index >= 15 is 0 Å². The van der Waals surface area contributed by atoms with E-state index in [0.717, 1.165) is 38.9 Å². The van der Waals surface area contributed by atoms with Crippen LogP contribution < -0.4 is 0 Å². The highest BCUT2D eigenvalue weighted by atomic mass is 32.1. The predicted octanol–water partition coefficient (Wildman–Crippen LogP) is 2.22. The minimum Gasteiger partial charge on any atom is -0.481 e. The first-order valence-electron chi connectivity index (χ1n) is 6.05. The molecule has 0 unspecified atom stereocenters. The Kier molecular flexibility index (Phi) is 4.50. The second kappa shape index (κ2) is 6.12. The number of carboxylic acids is 1. The maximum atomic E-state index is 10.5. The number of piperidine rings is 1. The molecule has 0 aliphatic carbocycles. The number of rotatable bonds is 5. The number of hydrogen-bond acceptors (Lipinski definition) is 4. The maximum absolute atomic E-state index is 10.5. The van der Waals surface area contributed by atoms with Gasteiger partial charge in [-0.15, -0.1) is 11.3 Å². The second-order valence-electron chi connectivity index (χ2n) is 4.62. The van der Waals surface area contributed by atoms with Gasteiger partial charge in [0.15, 0.2) is 0 Å². The van der Waals surface area contributed by atoms with Gasteiger partial charge in [0.2, 0.25) is 0 Å². The molecule has 1 aromatic heterocycles. The van der Waals surface area contributed by atoms with E-state index in [1.807, 2.05) is 11.7 Å². The van der Waals surface area contributed by atoms with Crippen LogP contribution in [0.2, 0.25) is 0 Å². The summed E-state index contributed by atoms with van der Waals surface area (Å²) in [5.74, 6) is -0.0686. The lowest BCUT2D eigenvalue weighted by Crippen LogP contribution is -2.33. The monoisotopic (exact) mass is 254 g/mol. The third kappa shape index (κ3) is 4.09. The van der Waals surface area contributed by atoms with Gasteiger partial charge in [0, 0.05) is 24.0 Å². The van der Waals surface area contributed by atoms with E-state index in [1.165, 1.54) is 4.88 Å². The molecule has 94 valence electrons. The Morgan fingerprint density at radius 1 is 1.53 bits per heavy atom. The highest BCUT2D eigenvalue weighted by molar-refractivity contribution is 7.09. The van der Waals surface area contributed by atoms with Crippen LogP contribution in [0.15, 0.2) is 11.7 Å². The molecule has 1 fully saturated rings. The van der Waals surface area contributed by atoms with Crippen LogP contribution in [0.1, 0.15) is 30.6 Å². The summed E-state index contributed by atoms with van der Waals surface area (Å²) in [6, 6.07) is 0. The van der Waals surface area contributed by atoms with Crippen molar-refractivity contribution in [2.24, 2.45) is 5.92 Å². The highest BCUT2D eigenvalue weighted by Gasteiger charge is 2.19. The van der Waals surface area contributed by atoms with Gasteiger partial charge in [0.1, 0.15) is 0 Å². The fourth-order valence-corrected chi connectivity index (χ4v) is 2.94. The number of thiazole rings is 1. The maximum Gasteiger partial charge on any atom is 0.303 e. The fraction of sp³-hybridized carbons (Fsp3) is 0.667. The molecule has 1 aliphatic rings. The number of aromatic nitrogens is 1. The predicted molar refractivity (Wildman–Crippen MR) is 67.0 cm³/mol. The molecule has 4 nitrogen and oxygen atoms in total. The molecule has 1 aromatic rings. The van der Waals surface area contributed by atoms with Crippen LogP contribution in [0.3, 0.4) is 0 Å². The second-order valence-corrected chi connectivity index (χ2v) is 5.59. The summed E-state index contributed by atoms with van der Waals surface area (Å²) in [4.78, 5) is 18.3. The highest BCUT2D eigenvalue weighted by Crippen LogP contribution is 2.23. The molecule has 1 saturated heterocycles. The van der Waals surface area contributed by atoms with Crippen molar-refractivity contribution in [3.8, 4) is 0 Å². The van der Waals surface area contributed by atoms with Crippen molar-refractivity contribution in [3.63, 3.8) is 0 Å². The number of nitrogens with zero attached hydrogens (tertiary/aromatic N) is 2. The van der Waals surface area contributed by atoms with Gasteiger partial charge >= 0.3 is 5.97 Å². The van der Waals surface area contributed by atoms with E-state index in [4.69, 9.17) is 5.11 Å². The van der Waals surface area contributed by atoms with Gasteiger partial charge in [-0.2, -0.15) is 0 Å². The van der Waals surface area contributed by atoms with Crippen molar-refractivity contribution in [1.29, 1.82) is 0 Å². The normalized spacial score (nSPS) is 18.4. The molecule has 5 heteroatoms. The largest absolute Gasteiger partial charge is 0.481 e. The molecular formula is C12H18N2O2S. The van der Waals surface area contributed by atoms with E-state index in [1.54, 1.807) is 11.3 Å². The Morgan fingerprint density at radius 3 is 2.88 bits per heavy atom. The Labute approximate surface area is 105 Å². The molecular weight excluding hydrogens is 236 g/mol. The Bertz CT molecular complexity index is 345. The van der Waals surface area contributed by atoms with Gasteiger partial charge in [0.05, 0.1) is 5.51 Å². The zero-order valence-corrected chi connectivity index (χ0v) is 10.7. The van der Waals surface area contributed by atoms with Gasteiger partial charge in [0.25, 0.3) is 0 Å². The minimum atomic E-state index is -0.669. The zero-order chi connectivity index (χ0) is 12.1. The van der Waals surface area contributed by atoms with Crippen molar-refractivity contribution in [2.45, 2.75) is 32.2 Å². The van der Waals surface area contributed by atoms with Crippen molar-refractivity contribution in [2.75, 3.05) is 13.1 Å². The van der Waals surface area contributed by atoms with Gasteiger partial charge in [-0.05, 0) is 38.3 Å². The molecule has 17 heavy (non-hydrogen) atoms. The summed E-state index contributed by atoms with van der Waals surface area (Å²) >= 11 is 1.70. The average molecular weight is 254 g/mol. The number of carboxylic acid groups (broad SMARTS) is 1. The van der Waals surface area contributed by atoms with Gasteiger partial charge < -0.3 is 5.11 Å². The molecule has 0 atom stereocenters. The Morgan fingerprint density at radius 2 is 2.29 bits per heavy atom. The van der Waals surface area contributed by atoms with Gasteiger partial charge in [-0.3, -0.25) is 14.7 Å².